The highest BCUT2D eigenvalue weighted by Gasteiger charge is 2.15. The Balaban J connectivity index is 2.17. The summed E-state index contributed by atoms with van der Waals surface area (Å²) in [7, 11) is 0. The maximum atomic E-state index is 12.8. The SMILES string of the molecule is Cc1[nH]nc2c1c(=O)n(CCCN=C(N)N)c1ccc(Cl)cc21. The van der Waals surface area contributed by atoms with E-state index in [0.717, 1.165) is 16.6 Å². The molecule has 5 N–H and O–H groups in total. The number of aromatic nitrogens is 3. The third-order valence-corrected chi connectivity index (χ3v) is 3.98. The lowest BCUT2D eigenvalue weighted by Gasteiger charge is -2.11. The number of nitrogens with two attached hydrogens (primary N) is 2. The molecule has 3 aromatic rings. The molecular weight excluding hydrogens is 316 g/mol. The molecule has 0 atom stereocenters. The summed E-state index contributed by atoms with van der Waals surface area (Å²) in [4.78, 5) is 16.8. The Bertz CT molecular complexity index is 967. The molecule has 0 amide bonds. The summed E-state index contributed by atoms with van der Waals surface area (Å²) in [5, 5.41) is 9.17. The van der Waals surface area contributed by atoms with Gasteiger partial charge in [0.05, 0.1) is 10.9 Å². The van der Waals surface area contributed by atoms with Crippen LogP contribution in [0.15, 0.2) is 28.0 Å². The molecule has 7 nitrogen and oxygen atoms in total. The fraction of sp³-hybridized carbons (Fsp3) is 0.267. The van der Waals surface area contributed by atoms with Crippen molar-refractivity contribution >= 4 is 39.4 Å². The van der Waals surface area contributed by atoms with Crippen LogP contribution in [0.3, 0.4) is 0 Å². The number of hydrogen-bond donors (Lipinski definition) is 3. The smallest absolute Gasteiger partial charge is 0.262 e. The Kier molecular flexibility index (Phi) is 3.96. The number of nitrogens with one attached hydrogen (secondary N) is 1. The van der Waals surface area contributed by atoms with Gasteiger partial charge in [-0.05, 0) is 31.5 Å². The molecule has 2 heterocycles. The van der Waals surface area contributed by atoms with E-state index in [1.54, 1.807) is 10.6 Å². The van der Waals surface area contributed by atoms with Gasteiger partial charge in [-0.3, -0.25) is 14.9 Å². The number of nitrogens with zero attached hydrogens (tertiary/aromatic N) is 3. The third-order valence-electron chi connectivity index (χ3n) is 3.74. The van der Waals surface area contributed by atoms with Crippen LogP contribution >= 0.6 is 11.6 Å². The number of fused-ring (bicyclic) bond motifs is 3. The number of pyridine rings is 1. The van der Waals surface area contributed by atoms with Gasteiger partial charge in [0.15, 0.2) is 5.96 Å². The van der Waals surface area contributed by atoms with Gasteiger partial charge in [-0.2, -0.15) is 5.10 Å². The van der Waals surface area contributed by atoms with Gasteiger partial charge in [0.1, 0.15) is 5.52 Å². The number of aryl methyl sites for hydroxylation is 2. The maximum absolute atomic E-state index is 12.8. The predicted octanol–water partition coefficient (Wildman–Crippen LogP) is 1.50. The van der Waals surface area contributed by atoms with Crippen LogP contribution in [0.1, 0.15) is 12.1 Å². The van der Waals surface area contributed by atoms with Gasteiger partial charge in [-0.25, -0.2) is 0 Å². The minimum absolute atomic E-state index is 0.0510. The molecule has 0 saturated heterocycles. The average Bonchev–Trinajstić information content (AvgIpc) is 2.89. The molecule has 1 aromatic carbocycles. The van der Waals surface area contributed by atoms with Crippen molar-refractivity contribution in [3.05, 3.63) is 39.3 Å². The van der Waals surface area contributed by atoms with Crippen LogP contribution in [0.5, 0.6) is 0 Å². The molecule has 2 aromatic heterocycles. The molecule has 0 saturated carbocycles. The van der Waals surface area contributed by atoms with Crippen molar-refractivity contribution in [2.45, 2.75) is 19.9 Å². The Hall–Kier alpha value is -2.54. The van der Waals surface area contributed by atoms with Gasteiger partial charge in [0, 0.05) is 29.2 Å². The van der Waals surface area contributed by atoms with E-state index in [9.17, 15) is 4.79 Å². The molecule has 0 aliphatic heterocycles. The highest BCUT2D eigenvalue weighted by Crippen LogP contribution is 2.25. The number of halogens is 1. The van der Waals surface area contributed by atoms with Gasteiger partial charge in [0.2, 0.25) is 0 Å². The van der Waals surface area contributed by atoms with Crippen LogP contribution < -0.4 is 17.0 Å². The molecule has 0 bridgehead atoms. The summed E-state index contributed by atoms with van der Waals surface area (Å²) >= 11 is 6.11. The van der Waals surface area contributed by atoms with E-state index in [4.69, 9.17) is 23.1 Å². The number of aromatic amines is 1. The standard InChI is InChI=1S/C15H17ClN6O/c1-8-12-13(21-20-8)10-7-9(16)3-4-11(10)22(14(12)23)6-2-5-19-15(17)18/h3-4,7H,2,5-6H2,1H3,(H,20,21)(H4,17,18,19). The van der Waals surface area contributed by atoms with Crippen LogP contribution in [0.2, 0.25) is 5.02 Å². The molecule has 0 spiro atoms. The van der Waals surface area contributed by atoms with Gasteiger partial charge in [-0.1, -0.05) is 11.6 Å². The molecule has 0 aliphatic rings. The normalized spacial score (nSPS) is 11.2. The lowest BCUT2D eigenvalue weighted by atomic mass is 10.1. The second-order valence-electron chi connectivity index (χ2n) is 5.35. The van der Waals surface area contributed by atoms with Crippen molar-refractivity contribution in [2.24, 2.45) is 16.5 Å². The van der Waals surface area contributed by atoms with Gasteiger partial charge in [-0.15, -0.1) is 0 Å². The number of rotatable bonds is 4. The molecule has 3 rings (SSSR count). The summed E-state index contributed by atoms with van der Waals surface area (Å²) in [6.07, 6.45) is 0.651. The van der Waals surface area contributed by atoms with E-state index in [1.165, 1.54) is 0 Å². The van der Waals surface area contributed by atoms with E-state index in [0.29, 0.717) is 35.4 Å². The van der Waals surface area contributed by atoms with Crippen LogP contribution in [0.25, 0.3) is 21.8 Å². The van der Waals surface area contributed by atoms with Crippen LogP contribution in [0.4, 0.5) is 0 Å². The first-order valence-corrected chi connectivity index (χ1v) is 7.59. The average molecular weight is 333 g/mol. The van der Waals surface area contributed by atoms with Crippen molar-refractivity contribution in [1.82, 2.24) is 14.8 Å². The summed E-state index contributed by atoms with van der Waals surface area (Å²) < 4.78 is 1.72. The summed E-state index contributed by atoms with van der Waals surface area (Å²) in [6.45, 7) is 2.80. The molecule has 0 aliphatic carbocycles. The quantitative estimate of drug-likeness (QED) is 0.381. The van der Waals surface area contributed by atoms with Crippen LogP contribution in [-0.2, 0) is 6.54 Å². The van der Waals surface area contributed by atoms with Crippen molar-refractivity contribution < 1.29 is 0 Å². The second-order valence-corrected chi connectivity index (χ2v) is 5.79. The molecule has 23 heavy (non-hydrogen) atoms. The monoisotopic (exact) mass is 332 g/mol. The first kappa shape index (κ1) is 15.4. The van der Waals surface area contributed by atoms with E-state index in [2.05, 4.69) is 15.2 Å². The predicted molar refractivity (Wildman–Crippen MR) is 92.9 cm³/mol. The van der Waals surface area contributed by atoms with E-state index < -0.39 is 0 Å². The summed E-state index contributed by atoms with van der Waals surface area (Å²) in [5.41, 5.74) is 12.7. The van der Waals surface area contributed by atoms with E-state index in [-0.39, 0.29) is 11.5 Å². The summed E-state index contributed by atoms with van der Waals surface area (Å²) in [5.74, 6) is 0.0510. The minimum atomic E-state index is -0.0780. The molecule has 120 valence electrons. The first-order valence-electron chi connectivity index (χ1n) is 7.21. The van der Waals surface area contributed by atoms with Gasteiger partial charge in [0.25, 0.3) is 5.56 Å². The highest BCUT2D eigenvalue weighted by molar-refractivity contribution is 6.31. The fourth-order valence-electron chi connectivity index (χ4n) is 2.72. The Morgan fingerprint density at radius 1 is 1.43 bits per heavy atom. The van der Waals surface area contributed by atoms with Crippen molar-refractivity contribution in [3.8, 4) is 0 Å². The zero-order chi connectivity index (χ0) is 16.6. The zero-order valence-corrected chi connectivity index (χ0v) is 13.4. The highest BCUT2D eigenvalue weighted by atomic mass is 35.5. The topological polar surface area (TPSA) is 115 Å². The van der Waals surface area contributed by atoms with E-state index in [1.807, 2.05) is 19.1 Å². The van der Waals surface area contributed by atoms with Gasteiger partial charge >= 0.3 is 0 Å². The Labute approximate surface area is 136 Å². The number of guanidine groups is 1. The van der Waals surface area contributed by atoms with Crippen LogP contribution in [0, 0.1) is 6.92 Å². The number of hydrogen-bond acceptors (Lipinski definition) is 3. The van der Waals surface area contributed by atoms with Crippen molar-refractivity contribution in [1.29, 1.82) is 0 Å². The molecule has 0 unspecified atom stereocenters. The van der Waals surface area contributed by atoms with Crippen molar-refractivity contribution in [2.75, 3.05) is 6.54 Å². The fourth-order valence-corrected chi connectivity index (χ4v) is 2.89. The number of aliphatic imine (C=N–C) groups is 1. The first-order chi connectivity index (χ1) is 11.0. The Morgan fingerprint density at radius 3 is 2.96 bits per heavy atom. The maximum Gasteiger partial charge on any atom is 0.262 e. The lowest BCUT2D eigenvalue weighted by molar-refractivity contribution is 0.654. The minimum Gasteiger partial charge on any atom is -0.370 e. The number of H-pyrrole nitrogens is 1. The van der Waals surface area contributed by atoms with Crippen LogP contribution in [-0.4, -0.2) is 27.3 Å². The lowest BCUT2D eigenvalue weighted by Crippen LogP contribution is -2.24. The van der Waals surface area contributed by atoms with Crippen molar-refractivity contribution in [3.63, 3.8) is 0 Å². The van der Waals surface area contributed by atoms with Gasteiger partial charge < -0.3 is 16.0 Å². The molecular formula is C15H17ClN6O. The number of benzene rings is 1. The van der Waals surface area contributed by atoms with E-state index >= 15 is 0 Å². The third kappa shape index (κ3) is 2.75. The Morgan fingerprint density at radius 2 is 2.22 bits per heavy atom. The summed E-state index contributed by atoms with van der Waals surface area (Å²) in [6, 6.07) is 5.43. The largest absolute Gasteiger partial charge is 0.370 e. The molecule has 0 fully saturated rings. The second kappa shape index (κ2) is 5.92. The molecule has 8 heteroatoms. The molecule has 0 radical (unpaired) electrons. The zero-order valence-electron chi connectivity index (χ0n) is 12.6.